The molecule has 0 aliphatic carbocycles. The first-order valence-corrected chi connectivity index (χ1v) is 10.4. The van der Waals surface area contributed by atoms with Crippen molar-refractivity contribution in [3.63, 3.8) is 0 Å². The number of rotatable bonds is 7. The lowest BCUT2D eigenvalue weighted by molar-refractivity contribution is -0.116. The van der Waals surface area contributed by atoms with E-state index in [1.165, 1.54) is 6.92 Å². The molecule has 0 aliphatic heterocycles. The predicted octanol–water partition coefficient (Wildman–Crippen LogP) is 5.54. The first-order chi connectivity index (χ1) is 15.6. The molecule has 160 valence electrons. The van der Waals surface area contributed by atoms with Gasteiger partial charge in [0.05, 0.1) is 0 Å². The van der Waals surface area contributed by atoms with E-state index in [1.54, 1.807) is 24.3 Å². The Morgan fingerprint density at radius 2 is 1.44 bits per heavy atom. The van der Waals surface area contributed by atoms with Crippen molar-refractivity contribution in [2.45, 2.75) is 19.8 Å². The monoisotopic (exact) mass is 425 g/mol. The fraction of sp³-hybridized carbons (Fsp3) is 0.115. The second-order valence-electron chi connectivity index (χ2n) is 7.33. The van der Waals surface area contributed by atoms with Crippen LogP contribution in [0.1, 0.15) is 19.2 Å². The normalized spacial score (nSPS) is 10.5. The van der Waals surface area contributed by atoms with E-state index in [-0.39, 0.29) is 18.2 Å². The maximum Gasteiger partial charge on any atom is 0.224 e. The predicted molar refractivity (Wildman–Crippen MR) is 125 cm³/mol. The van der Waals surface area contributed by atoms with Gasteiger partial charge in [-0.15, -0.1) is 0 Å². The Kier molecular flexibility index (Phi) is 6.41. The highest BCUT2D eigenvalue weighted by Crippen LogP contribution is 2.32. The maximum atomic E-state index is 12.5. The van der Waals surface area contributed by atoms with Gasteiger partial charge in [0.2, 0.25) is 11.8 Å². The van der Waals surface area contributed by atoms with E-state index in [0.717, 1.165) is 16.8 Å². The van der Waals surface area contributed by atoms with Crippen LogP contribution in [-0.4, -0.2) is 16.8 Å². The molecule has 0 atom stereocenters. The zero-order valence-corrected chi connectivity index (χ0v) is 17.7. The van der Waals surface area contributed by atoms with Crippen LogP contribution in [0.5, 0.6) is 0 Å². The Balaban J connectivity index is 1.48. The summed E-state index contributed by atoms with van der Waals surface area (Å²) >= 11 is 0. The number of benzene rings is 3. The van der Waals surface area contributed by atoms with Crippen LogP contribution in [0.15, 0.2) is 89.3 Å². The van der Waals surface area contributed by atoms with Crippen LogP contribution in [0, 0.1) is 0 Å². The minimum atomic E-state index is -0.166. The lowest BCUT2D eigenvalue weighted by atomic mass is 10.1. The van der Waals surface area contributed by atoms with Crippen LogP contribution in [-0.2, 0) is 16.0 Å². The van der Waals surface area contributed by atoms with Crippen LogP contribution in [0.25, 0.3) is 22.6 Å². The largest absolute Gasteiger partial charge is 0.440 e. The summed E-state index contributed by atoms with van der Waals surface area (Å²) in [6.07, 6.45) is 0.581. The molecule has 0 fully saturated rings. The number of anilines is 2. The van der Waals surface area contributed by atoms with Gasteiger partial charge in [0.25, 0.3) is 0 Å². The highest BCUT2D eigenvalue weighted by Gasteiger charge is 2.17. The van der Waals surface area contributed by atoms with Crippen molar-refractivity contribution in [1.82, 2.24) is 4.98 Å². The van der Waals surface area contributed by atoms with Gasteiger partial charge >= 0.3 is 0 Å². The van der Waals surface area contributed by atoms with Gasteiger partial charge in [-0.3, -0.25) is 9.59 Å². The second kappa shape index (κ2) is 9.75. The number of carbonyl (C=O) groups is 2. The van der Waals surface area contributed by atoms with Crippen molar-refractivity contribution in [3.8, 4) is 22.6 Å². The Morgan fingerprint density at radius 3 is 2.09 bits per heavy atom. The van der Waals surface area contributed by atoms with Gasteiger partial charge in [-0.2, -0.15) is 0 Å². The molecule has 0 aliphatic rings. The van der Waals surface area contributed by atoms with Crippen LogP contribution in [0.3, 0.4) is 0 Å². The summed E-state index contributed by atoms with van der Waals surface area (Å²) in [5, 5.41) is 5.55. The summed E-state index contributed by atoms with van der Waals surface area (Å²) in [6.45, 7) is 1.44. The average Bonchev–Trinajstić information content (AvgIpc) is 3.23. The topological polar surface area (TPSA) is 84.2 Å². The number of nitrogens with one attached hydrogen (secondary N) is 2. The summed E-state index contributed by atoms with van der Waals surface area (Å²) in [4.78, 5) is 28.4. The number of hydrogen-bond acceptors (Lipinski definition) is 4. The summed E-state index contributed by atoms with van der Waals surface area (Å²) < 4.78 is 6.08. The molecule has 3 aromatic carbocycles. The standard InChI is InChI=1S/C26H23N3O3/c1-18(30)27-21-13-8-14-22(17-21)28-23(31)15-16-24-29-25(19-9-4-2-5-10-19)26(32-24)20-11-6-3-7-12-20/h2-14,17H,15-16H2,1H3,(H,27,30)(H,28,31). The molecular weight excluding hydrogens is 402 g/mol. The number of oxazole rings is 1. The summed E-state index contributed by atoms with van der Waals surface area (Å²) in [5.41, 5.74) is 3.90. The van der Waals surface area contributed by atoms with Crippen molar-refractivity contribution >= 4 is 23.2 Å². The number of carbonyl (C=O) groups excluding carboxylic acids is 2. The van der Waals surface area contributed by atoms with E-state index < -0.39 is 0 Å². The molecule has 2 amide bonds. The SMILES string of the molecule is CC(=O)Nc1cccc(NC(=O)CCc2nc(-c3ccccc3)c(-c3ccccc3)o2)c1. The lowest BCUT2D eigenvalue weighted by Gasteiger charge is -2.07. The van der Waals surface area contributed by atoms with Crippen LogP contribution < -0.4 is 10.6 Å². The summed E-state index contributed by atoms with van der Waals surface area (Å²) in [6, 6.07) is 26.7. The third kappa shape index (κ3) is 5.29. The molecule has 6 heteroatoms. The van der Waals surface area contributed by atoms with Crippen molar-refractivity contribution in [2.75, 3.05) is 10.6 Å². The highest BCUT2D eigenvalue weighted by molar-refractivity contribution is 5.93. The van der Waals surface area contributed by atoms with Gasteiger partial charge in [-0.1, -0.05) is 66.7 Å². The first kappa shape index (κ1) is 21.1. The smallest absolute Gasteiger partial charge is 0.224 e. The number of amides is 2. The van der Waals surface area contributed by atoms with Gasteiger partial charge in [-0.25, -0.2) is 4.98 Å². The molecule has 1 heterocycles. The molecule has 0 saturated heterocycles. The third-order valence-corrected chi connectivity index (χ3v) is 4.79. The van der Waals surface area contributed by atoms with Gasteiger partial charge in [0.15, 0.2) is 11.7 Å². The molecule has 0 radical (unpaired) electrons. The van der Waals surface area contributed by atoms with E-state index in [4.69, 9.17) is 4.42 Å². The Morgan fingerprint density at radius 1 is 0.812 bits per heavy atom. The lowest BCUT2D eigenvalue weighted by Crippen LogP contribution is -2.13. The zero-order valence-electron chi connectivity index (χ0n) is 17.7. The fourth-order valence-corrected chi connectivity index (χ4v) is 3.37. The Bertz CT molecular complexity index is 1160. The van der Waals surface area contributed by atoms with E-state index in [1.807, 2.05) is 60.7 Å². The minimum Gasteiger partial charge on any atom is -0.440 e. The molecule has 6 nitrogen and oxygen atoms in total. The first-order valence-electron chi connectivity index (χ1n) is 10.4. The second-order valence-corrected chi connectivity index (χ2v) is 7.33. The highest BCUT2D eigenvalue weighted by atomic mass is 16.4. The molecule has 4 aromatic rings. The van der Waals surface area contributed by atoms with E-state index in [9.17, 15) is 9.59 Å². The number of nitrogens with zero attached hydrogens (tertiary/aromatic N) is 1. The Hall–Kier alpha value is -4.19. The molecule has 0 unspecified atom stereocenters. The van der Waals surface area contributed by atoms with Crippen molar-refractivity contribution in [3.05, 3.63) is 90.8 Å². The molecule has 32 heavy (non-hydrogen) atoms. The minimum absolute atomic E-state index is 0.161. The van der Waals surface area contributed by atoms with Gasteiger partial charge in [-0.05, 0) is 18.2 Å². The molecule has 0 spiro atoms. The van der Waals surface area contributed by atoms with E-state index in [0.29, 0.717) is 29.4 Å². The van der Waals surface area contributed by atoms with Crippen LogP contribution >= 0.6 is 0 Å². The fourth-order valence-electron chi connectivity index (χ4n) is 3.37. The van der Waals surface area contributed by atoms with Gasteiger partial charge in [0.1, 0.15) is 5.69 Å². The summed E-state index contributed by atoms with van der Waals surface area (Å²) in [7, 11) is 0. The van der Waals surface area contributed by atoms with Crippen molar-refractivity contribution in [1.29, 1.82) is 0 Å². The third-order valence-electron chi connectivity index (χ3n) is 4.79. The van der Waals surface area contributed by atoms with Crippen LogP contribution in [0.2, 0.25) is 0 Å². The van der Waals surface area contributed by atoms with Gasteiger partial charge in [0, 0.05) is 42.3 Å². The van der Waals surface area contributed by atoms with Crippen LogP contribution in [0.4, 0.5) is 11.4 Å². The molecule has 2 N–H and O–H groups in total. The summed E-state index contributed by atoms with van der Waals surface area (Å²) in [5.74, 6) is 0.867. The molecular formula is C26H23N3O3. The number of hydrogen-bond donors (Lipinski definition) is 2. The zero-order chi connectivity index (χ0) is 22.3. The Labute approximate surface area is 186 Å². The molecule has 0 bridgehead atoms. The molecule has 1 aromatic heterocycles. The van der Waals surface area contributed by atoms with Crippen molar-refractivity contribution < 1.29 is 14.0 Å². The number of aromatic nitrogens is 1. The number of aryl methyl sites for hydroxylation is 1. The maximum absolute atomic E-state index is 12.5. The quantitative estimate of drug-likeness (QED) is 0.407. The average molecular weight is 425 g/mol. The molecule has 4 rings (SSSR count). The van der Waals surface area contributed by atoms with Crippen molar-refractivity contribution in [2.24, 2.45) is 0 Å². The van der Waals surface area contributed by atoms with E-state index >= 15 is 0 Å². The van der Waals surface area contributed by atoms with E-state index in [2.05, 4.69) is 15.6 Å². The van der Waals surface area contributed by atoms with Gasteiger partial charge < -0.3 is 15.1 Å². The molecule has 0 saturated carbocycles.